The maximum absolute atomic E-state index is 4.44. The number of benzene rings is 2. The standard InChI is InChI=1S/C28H28/c1-18-7-6-8-25(14-18)28-21(4)15-26(22(28)5)17-23-10-11-24(16-23)27-12-9-19(2)13-20(27)3/h6-14,17,28H,4-5,15-16H2,1-3H3/b26-17+. The van der Waals surface area contributed by atoms with Gasteiger partial charge in [-0.2, -0.15) is 0 Å². The number of rotatable bonds is 3. The third kappa shape index (κ3) is 3.47. The van der Waals surface area contributed by atoms with E-state index < -0.39 is 0 Å². The summed E-state index contributed by atoms with van der Waals surface area (Å²) >= 11 is 0. The molecule has 1 saturated carbocycles. The fraction of sp³-hybridized carbons (Fsp3) is 0.214. The number of aryl methyl sites for hydroxylation is 3. The lowest BCUT2D eigenvalue weighted by atomic mass is 9.90. The van der Waals surface area contributed by atoms with Crippen molar-refractivity contribution in [1.29, 1.82) is 0 Å². The summed E-state index contributed by atoms with van der Waals surface area (Å²) in [5.74, 6) is 0.250. The highest BCUT2D eigenvalue weighted by atomic mass is 14.3. The topological polar surface area (TPSA) is 0 Å². The van der Waals surface area contributed by atoms with Crippen molar-refractivity contribution in [2.75, 3.05) is 0 Å². The Labute approximate surface area is 169 Å². The summed E-state index contributed by atoms with van der Waals surface area (Å²) < 4.78 is 0. The largest absolute Gasteiger partial charge is 0.0986 e. The molecular formula is C28H28. The van der Waals surface area contributed by atoms with Crippen molar-refractivity contribution < 1.29 is 0 Å². The van der Waals surface area contributed by atoms with Crippen LogP contribution in [0.25, 0.3) is 5.57 Å². The summed E-state index contributed by atoms with van der Waals surface area (Å²) in [4.78, 5) is 0. The lowest BCUT2D eigenvalue weighted by Gasteiger charge is -2.14. The molecule has 0 radical (unpaired) electrons. The Balaban J connectivity index is 1.53. The second-order valence-corrected chi connectivity index (χ2v) is 8.31. The van der Waals surface area contributed by atoms with E-state index in [4.69, 9.17) is 0 Å². The maximum atomic E-state index is 4.44. The van der Waals surface area contributed by atoms with Crippen molar-refractivity contribution in [2.24, 2.45) is 0 Å². The molecule has 0 aromatic heterocycles. The van der Waals surface area contributed by atoms with E-state index in [-0.39, 0.29) is 5.92 Å². The Morgan fingerprint density at radius 1 is 0.893 bits per heavy atom. The summed E-state index contributed by atoms with van der Waals surface area (Å²) in [7, 11) is 0. The molecule has 2 aliphatic rings. The first-order valence-electron chi connectivity index (χ1n) is 10.0. The zero-order chi connectivity index (χ0) is 19.8. The molecule has 0 heterocycles. The molecule has 0 bridgehead atoms. The van der Waals surface area contributed by atoms with Crippen LogP contribution >= 0.6 is 0 Å². The van der Waals surface area contributed by atoms with Gasteiger partial charge in [0.1, 0.15) is 0 Å². The fourth-order valence-electron chi connectivity index (χ4n) is 4.55. The van der Waals surface area contributed by atoms with Gasteiger partial charge in [0.05, 0.1) is 0 Å². The summed E-state index contributed by atoms with van der Waals surface area (Å²) in [6.45, 7) is 15.3. The van der Waals surface area contributed by atoms with Gasteiger partial charge in [-0.1, -0.05) is 90.6 Å². The number of hydrogen-bond acceptors (Lipinski definition) is 0. The molecule has 0 saturated heterocycles. The van der Waals surface area contributed by atoms with Crippen LogP contribution in [0.1, 0.15) is 46.6 Å². The van der Waals surface area contributed by atoms with E-state index in [0.29, 0.717) is 0 Å². The molecule has 0 spiro atoms. The minimum atomic E-state index is 0.250. The molecule has 0 nitrogen and oxygen atoms in total. The van der Waals surface area contributed by atoms with Crippen molar-refractivity contribution in [3.05, 3.63) is 124 Å². The van der Waals surface area contributed by atoms with Crippen molar-refractivity contribution >= 4 is 5.57 Å². The van der Waals surface area contributed by atoms with Gasteiger partial charge in [0.25, 0.3) is 0 Å². The van der Waals surface area contributed by atoms with Crippen LogP contribution in [-0.4, -0.2) is 0 Å². The van der Waals surface area contributed by atoms with Crippen molar-refractivity contribution in [1.82, 2.24) is 0 Å². The van der Waals surface area contributed by atoms with Gasteiger partial charge in [-0.25, -0.2) is 0 Å². The van der Waals surface area contributed by atoms with E-state index in [2.05, 4.69) is 94.6 Å². The normalized spacial score (nSPS) is 20.7. The molecule has 4 rings (SSSR count). The zero-order valence-electron chi connectivity index (χ0n) is 17.2. The molecule has 0 amide bonds. The van der Waals surface area contributed by atoms with E-state index in [0.717, 1.165) is 12.8 Å². The molecule has 1 atom stereocenters. The van der Waals surface area contributed by atoms with Crippen molar-refractivity contribution in [3.8, 4) is 0 Å². The van der Waals surface area contributed by atoms with E-state index in [1.807, 2.05) is 0 Å². The minimum Gasteiger partial charge on any atom is -0.0986 e. The molecule has 1 unspecified atom stereocenters. The van der Waals surface area contributed by atoms with Gasteiger partial charge in [0.2, 0.25) is 0 Å². The molecule has 28 heavy (non-hydrogen) atoms. The average Bonchev–Trinajstić information content (AvgIpc) is 3.20. The predicted octanol–water partition coefficient (Wildman–Crippen LogP) is 7.55. The fourth-order valence-corrected chi connectivity index (χ4v) is 4.55. The number of hydrogen-bond donors (Lipinski definition) is 0. The van der Waals surface area contributed by atoms with Gasteiger partial charge in [0.15, 0.2) is 0 Å². The second-order valence-electron chi connectivity index (χ2n) is 8.31. The summed E-state index contributed by atoms with van der Waals surface area (Å²) in [5, 5.41) is 0. The van der Waals surface area contributed by atoms with Crippen LogP contribution < -0.4 is 0 Å². The Morgan fingerprint density at radius 2 is 1.68 bits per heavy atom. The predicted molar refractivity (Wildman–Crippen MR) is 121 cm³/mol. The van der Waals surface area contributed by atoms with Crippen LogP contribution in [0.3, 0.4) is 0 Å². The highest BCUT2D eigenvalue weighted by molar-refractivity contribution is 5.76. The van der Waals surface area contributed by atoms with Gasteiger partial charge < -0.3 is 0 Å². The highest BCUT2D eigenvalue weighted by Gasteiger charge is 2.29. The zero-order valence-corrected chi connectivity index (χ0v) is 17.2. The molecule has 0 N–H and O–H groups in total. The Hall–Kier alpha value is -2.86. The van der Waals surface area contributed by atoms with Crippen LogP contribution in [0, 0.1) is 20.8 Å². The van der Waals surface area contributed by atoms with Gasteiger partial charge >= 0.3 is 0 Å². The SMILES string of the molecule is C=C1C/C(=C\C2=CC=C(c3ccc(C)cc3C)C2)C(=C)C1c1cccc(C)c1. The molecule has 2 aromatic carbocycles. The molecule has 140 valence electrons. The summed E-state index contributed by atoms with van der Waals surface area (Å²) in [6.07, 6.45) is 8.79. The lowest BCUT2D eigenvalue weighted by molar-refractivity contribution is 0.996. The Bertz CT molecular complexity index is 1070. The molecule has 1 fully saturated rings. The van der Waals surface area contributed by atoms with E-state index in [1.54, 1.807) is 0 Å². The first kappa shape index (κ1) is 18.5. The molecular weight excluding hydrogens is 336 g/mol. The Kier molecular flexibility index (Phi) is 4.81. The summed E-state index contributed by atoms with van der Waals surface area (Å²) in [5.41, 5.74) is 13.2. The third-order valence-corrected chi connectivity index (χ3v) is 5.94. The first-order chi connectivity index (χ1) is 13.4. The average molecular weight is 365 g/mol. The van der Waals surface area contributed by atoms with Gasteiger partial charge in [-0.3, -0.25) is 0 Å². The van der Waals surface area contributed by atoms with Crippen LogP contribution in [0.5, 0.6) is 0 Å². The van der Waals surface area contributed by atoms with Crippen LogP contribution in [0.4, 0.5) is 0 Å². The van der Waals surface area contributed by atoms with Gasteiger partial charge in [-0.15, -0.1) is 0 Å². The molecule has 0 aliphatic heterocycles. The van der Waals surface area contributed by atoms with E-state index >= 15 is 0 Å². The Morgan fingerprint density at radius 3 is 2.43 bits per heavy atom. The first-order valence-corrected chi connectivity index (χ1v) is 10.0. The number of allylic oxidation sites excluding steroid dienone is 8. The smallest absolute Gasteiger partial charge is 0.0296 e. The van der Waals surface area contributed by atoms with Crippen LogP contribution in [0.15, 0.2) is 96.1 Å². The van der Waals surface area contributed by atoms with Gasteiger partial charge in [0, 0.05) is 5.92 Å². The third-order valence-electron chi connectivity index (χ3n) is 5.94. The van der Waals surface area contributed by atoms with E-state index in [9.17, 15) is 0 Å². The lowest BCUT2D eigenvalue weighted by Crippen LogP contribution is -1.97. The summed E-state index contributed by atoms with van der Waals surface area (Å²) in [6, 6.07) is 15.5. The van der Waals surface area contributed by atoms with E-state index in [1.165, 1.54) is 55.7 Å². The van der Waals surface area contributed by atoms with Gasteiger partial charge in [-0.05, 0) is 72.6 Å². The van der Waals surface area contributed by atoms with Crippen molar-refractivity contribution in [3.63, 3.8) is 0 Å². The van der Waals surface area contributed by atoms with Crippen LogP contribution in [0.2, 0.25) is 0 Å². The van der Waals surface area contributed by atoms with Crippen molar-refractivity contribution in [2.45, 2.75) is 39.5 Å². The van der Waals surface area contributed by atoms with Crippen LogP contribution in [-0.2, 0) is 0 Å². The monoisotopic (exact) mass is 364 g/mol. The maximum Gasteiger partial charge on any atom is 0.0296 e. The minimum absolute atomic E-state index is 0.250. The molecule has 0 heteroatoms. The highest BCUT2D eigenvalue weighted by Crippen LogP contribution is 2.46. The quantitative estimate of drug-likeness (QED) is 0.493. The molecule has 2 aromatic rings. The second kappa shape index (κ2) is 7.28. The molecule has 2 aliphatic carbocycles.